The molecule has 0 bridgehead atoms. The average molecular weight is 413 g/mol. The van der Waals surface area contributed by atoms with E-state index in [2.05, 4.69) is 24.0 Å². The minimum absolute atomic E-state index is 0.214. The molecule has 2 aromatic rings. The van der Waals surface area contributed by atoms with E-state index in [1.165, 1.54) is 0 Å². The summed E-state index contributed by atoms with van der Waals surface area (Å²) in [6.45, 7) is 5.27. The zero-order valence-corrected chi connectivity index (χ0v) is 17.6. The van der Waals surface area contributed by atoms with E-state index in [9.17, 15) is 15.0 Å². The van der Waals surface area contributed by atoms with E-state index in [0.29, 0.717) is 32.8 Å². The second kappa shape index (κ2) is 11.0. The van der Waals surface area contributed by atoms with Crippen LogP contribution in [0.15, 0.2) is 54.6 Å². The Morgan fingerprint density at radius 2 is 1.67 bits per heavy atom. The molecular weight excluding hydrogens is 380 g/mol. The zero-order valence-electron chi connectivity index (χ0n) is 17.6. The number of aliphatic hydroxyl groups is 2. The number of anilines is 1. The summed E-state index contributed by atoms with van der Waals surface area (Å²) in [6.07, 6.45) is -0.261. The van der Waals surface area contributed by atoms with Gasteiger partial charge in [0, 0.05) is 38.3 Å². The normalized spacial score (nSPS) is 16.2. The number of amides is 1. The van der Waals surface area contributed by atoms with E-state index in [1.807, 2.05) is 42.5 Å². The number of nitrogens with zero attached hydrogens (tertiary/aromatic N) is 2. The first-order valence-corrected chi connectivity index (χ1v) is 10.7. The molecule has 2 unspecified atom stereocenters. The Bertz CT molecular complexity index is 774. The van der Waals surface area contributed by atoms with Crippen molar-refractivity contribution in [3.63, 3.8) is 0 Å². The van der Waals surface area contributed by atoms with Crippen LogP contribution in [-0.4, -0.2) is 66.0 Å². The standard InChI is InChI=1S/C24H32N2O4/c1-2-3-17-30-21-11-9-19(10-12-21)18-22(27)23(28)24(29)26-15-13-25(14-16-26)20-7-5-4-6-8-20/h4-12,22-23,27-28H,2-3,13-18H2,1H3. The number of benzene rings is 2. The van der Waals surface area contributed by atoms with Crippen LogP contribution in [0.25, 0.3) is 0 Å². The minimum atomic E-state index is -1.42. The topological polar surface area (TPSA) is 73.2 Å². The third-order valence-electron chi connectivity index (χ3n) is 5.46. The van der Waals surface area contributed by atoms with E-state index in [0.717, 1.165) is 29.8 Å². The fourth-order valence-electron chi connectivity index (χ4n) is 3.58. The molecule has 1 amide bonds. The third kappa shape index (κ3) is 5.97. The van der Waals surface area contributed by atoms with Gasteiger partial charge in [0.15, 0.2) is 6.10 Å². The van der Waals surface area contributed by atoms with Crippen molar-refractivity contribution >= 4 is 11.6 Å². The fourth-order valence-corrected chi connectivity index (χ4v) is 3.58. The molecule has 1 saturated heterocycles. The van der Waals surface area contributed by atoms with Crippen molar-refractivity contribution in [1.29, 1.82) is 0 Å². The van der Waals surface area contributed by atoms with Crippen molar-refractivity contribution in [3.8, 4) is 5.75 Å². The number of piperazine rings is 1. The van der Waals surface area contributed by atoms with E-state index in [1.54, 1.807) is 4.90 Å². The number of para-hydroxylation sites is 1. The molecule has 1 fully saturated rings. The SMILES string of the molecule is CCCCOc1ccc(CC(O)C(O)C(=O)N2CCN(c3ccccc3)CC2)cc1. The first-order valence-electron chi connectivity index (χ1n) is 10.7. The molecule has 0 spiro atoms. The summed E-state index contributed by atoms with van der Waals surface area (Å²) in [5, 5.41) is 20.8. The number of carbonyl (C=O) groups excluding carboxylic acids is 1. The summed E-state index contributed by atoms with van der Waals surface area (Å²) in [7, 11) is 0. The summed E-state index contributed by atoms with van der Waals surface area (Å²) in [6, 6.07) is 17.5. The Hall–Kier alpha value is -2.57. The fraction of sp³-hybridized carbons (Fsp3) is 0.458. The lowest BCUT2D eigenvalue weighted by atomic mass is 10.0. The quantitative estimate of drug-likeness (QED) is 0.619. The van der Waals surface area contributed by atoms with Gasteiger partial charge in [-0.2, -0.15) is 0 Å². The summed E-state index contributed by atoms with van der Waals surface area (Å²) >= 11 is 0. The van der Waals surface area contributed by atoms with Crippen molar-refractivity contribution in [1.82, 2.24) is 4.90 Å². The molecule has 0 saturated carbocycles. The number of unbranched alkanes of at least 4 members (excludes halogenated alkanes) is 1. The summed E-state index contributed by atoms with van der Waals surface area (Å²) in [5.41, 5.74) is 1.98. The van der Waals surface area contributed by atoms with Gasteiger partial charge in [-0.1, -0.05) is 43.7 Å². The predicted octanol–water partition coefficient (Wildman–Crippen LogP) is 2.48. The molecule has 1 heterocycles. The third-order valence-corrected chi connectivity index (χ3v) is 5.46. The molecule has 6 nitrogen and oxygen atoms in total. The number of hydrogen-bond acceptors (Lipinski definition) is 5. The largest absolute Gasteiger partial charge is 0.494 e. The second-order valence-corrected chi connectivity index (χ2v) is 7.71. The maximum absolute atomic E-state index is 12.7. The first-order chi connectivity index (χ1) is 14.6. The predicted molar refractivity (Wildman–Crippen MR) is 118 cm³/mol. The number of hydrogen-bond donors (Lipinski definition) is 2. The van der Waals surface area contributed by atoms with Gasteiger partial charge >= 0.3 is 0 Å². The molecule has 6 heteroatoms. The van der Waals surface area contributed by atoms with Crippen LogP contribution in [0.5, 0.6) is 5.75 Å². The minimum Gasteiger partial charge on any atom is -0.494 e. The average Bonchev–Trinajstić information content (AvgIpc) is 2.80. The highest BCUT2D eigenvalue weighted by atomic mass is 16.5. The van der Waals surface area contributed by atoms with Gasteiger partial charge in [0.2, 0.25) is 0 Å². The highest BCUT2D eigenvalue weighted by Crippen LogP contribution is 2.18. The smallest absolute Gasteiger partial charge is 0.254 e. The zero-order chi connectivity index (χ0) is 21.3. The van der Waals surface area contributed by atoms with Crippen LogP contribution in [0, 0.1) is 0 Å². The van der Waals surface area contributed by atoms with Gasteiger partial charge in [-0.05, 0) is 36.2 Å². The van der Waals surface area contributed by atoms with Crippen molar-refractivity contribution in [3.05, 3.63) is 60.2 Å². The van der Waals surface area contributed by atoms with Crippen LogP contribution < -0.4 is 9.64 Å². The summed E-state index contributed by atoms with van der Waals surface area (Å²) in [5.74, 6) is 0.379. The monoisotopic (exact) mass is 412 g/mol. The van der Waals surface area contributed by atoms with Crippen molar-refractivity contribution in [2.75, 3.05) is 37.7 Å². The van der Waals surface area contributed by atoms with Crippen LogP contribution in [0.2, 0.25) is 0 Å². The number of carbonyl (C=O) groups is 1. The lowest BCUT2D eigenvalue weighted by Gasteiger charge is -2.37. The molecule has 2 N–H and O–H groups in total. The maximum Gasteiger partial charge on any atom is 0.254 e. The molecule has 0 aromatic heterocycles. The molecule has 0 radical (unpaired) electrons. The van der Waals surface area contributed by atoms with Crippen LogP contribution in [0.3, 0.4) is 0 Å². The Kier molecular flexibility index (Phi) is 8.11. The molecule has 1 aliphatic rings. The van der Waals surface area contributed by atoms with Crippen LogP contribution in [-0.2, 0) is 11.2 Å². The molecule has 2 atom stereocenters. The van der Waals surface area contributed by atoms with E-state index >= 15 is 0 Å². The van der Waals surface area contributed by atoms with Crippen LogP contribution in [0.1, 0.15) is 25.3 Å². The van der Waals surface area contributed by atoms with Gasteiger partial charge in [0.1, 0.15) is 5.75 Å². The highest BCUT2D eigenvalue weighted by Gasteiger charge is 2.30. The van der Waals surface area contributed by atoms with E-state index in [4.69, 9.17) is 4.74 Å². The Labute approximate surface area is 178 Å². The molecular formula is C24H32N2O4. The molecule has 2 aromatic carbocycles. The summed E-state index contributed by atoms with van der Waals surface area (Å²) in [4.78, 5) is 16.5. The van der Waals surface area contributed by atoms with Gasteiger partial charge in [-0.25, -0.2) is 0 Å². The second-order valence-electron chi connectivity index (χ2n) is 7.71. The lowest BCUT2D eigenvalue weighted by molar-refractivity contribution is -0.146. The van der Waals surface area contributed by atoms with E-state index < -0.39 is 18.1 Å². The van der Waals surface area contributed by atoms with Gasteiger partial charge in [-0.3, -0.25) is 4.79 Å². The van der Waals surface area contributed by atoms with E-state index in [-0.39, 0.29) is 6.42 Å². The van der Waals surface area contributed by atoms with Gasteiger partial charge < -0.3 is 24.7 Å². The van der Waals surface area contributed by atoms with Crippen molar-refractivity contribution in [2.24, 2.45) is 0 Å². The van der Waals surface area contributed by atoms with Crippen LogP contribution >= 0.6 is 0 Å². The summed E-state index contributed by atoms with van der Waals surface area (Å²) < 4.78 is 5.64. The molecule has 30 heavy (non-hydrogen) atoms. The lowest BCUT2D eigenvalue weighted by Crippen LogP contribution is -2.53. The first kappa shape index (κ1) is 22.1. The van der Waals surface area contributed by atoms with Gasteiger partial charge in [-0.15, -0.1) is 0 Å². The maximum atomic E-state index is 12.7. The van der Waals surface area contributed by atoms with Crippen molar-refractivity contribution in [2.45, 2.75) is 38.4 Å². The highest BCUT2D eigenvalue weighted by molar-refractivity contribution is 5.81. The molecule has 0 aliphatic carbocycles. The molecule has 1 aliphatic heterocycles. The number of rotatable bonds is 9. The number of ether oxygens (including phenoxy) is 1. The van der Waals surface area contributed by atoms with Gasteiger partial charge in [0.05, 0.1) is 12.7 Å². The Morgan fingerprint density at radius 3 is 2.30 bits per heavy atom. The van der Waals surface area contributed by atoms with Crippen LogP contribution in [0.4, 0.5) is 5.69 Å². The van der Waals surface area contributed by atoms with Crippen molar-refractivity contribution < 1.29 is 19.7 Å². The number of aliphatic hydroxyl groups excluding tert-OH is 2. The Morgan fingerprint density at radius 1 is 1.00 bits per heavy atom. The Balaban J connectivity index is 1.47. The van der Waals surface area contributed by atoms with Gasteiger partial charge in [0.25, 0.3) is 5.91 Å². The molecule has 162 valence electrons. The molecule has 3 rings (SSSR count).